The topological polar surface area (TPSA) is 53.0 Å². The SMILES string of the molecule is O[C@H]1[C@@H]2O[C@@H]2c2c(cc3ccc4c5c(c6c(c2c35)=CC=CC6)C=CC4)[C@@H]1O. The molecule has 3 nitrogen and oxygen atoms in total. The fraction of sp³-hybridized carbons (Fsp3) is 0.250. The number of benzene rings is 3. The van der Waals surface area contributed by atoms with Crippen molar-refractivity contribution in [1.29, 1.82) is 0 Å². The Hall–Kier alpha value is -2.46. The molecule has 4 atom stereocenters. The Morgan fingerprint density at radius 1 is 1.00 bits per heavy atom. The summed E-state index contributed by atoms with van der Waals surface area (Å²) in [5.41, 5.74) is 5.99. The van der Waals surface area contributed by atoms with Crippen molar-refractivity contribution in [2.45, 2.75) is 37.3 Å². The quantitative estimate of drug-likeness (QED) is 0.610. The highest BCUT2D eigenvalue weighted by Gasteiger charge is 2.54. The average molecular weight is 354 g/mol. The minimum Gasteiger partial charge on any atom is -0.387 e. The van der Waals surface area contributed by atoms with Gasteiger partial charge in [0, 0.05) is 0 Å². The molecule has 0 aromatic heterocycles. The lowest BCUT2D eigenvalue weighted by Crippen LogP contribution is -2.30. The zero-order chi connectivity index (χ0) is 17.9. The summed E-state index contributed by atoms with van der Waals surface area (Å²) in [6, 6.07) is 6.45. The van der Waals surface area contributed by atoms with Crippen molar-refractivity contribution in [3.05, 3.63) is 69.5 Å². The molecule has 0 amide bonds. The summed E-state index contributed by atoms with van der Waals surface area (Å²) in [5, 5.41) is 27.4. The molecule has 132 valence electrons. The van der Waals surface area contributed by atoms with Gasteiger partial charge in [-0.15, -0.1) is 0 Å². The summed E-state index contributed by atoms with van der Waals surface area (Å²) in [4.78, 5) is 0. The number of ether oxygens (including phenoxy) is 1. The molecule has 3 aromatic rings. The standard InChI is InChI=1S/C24H18O3/c25-21-16-10-12-9-8-11-4-3-7-14-13-5-1-2-6-15(13)19(18(12)17(11)14)20(16)23-24(27-23)22(21)26/h1-3,6-10,21-26H,4-5H2/t21-,22+,23+,24-/m0/s1. The van der Waals surface area contributed by atoms with Crippen molar-refractivity contribution in [1.82, 2.24) is 0 Å². The lowest BCUT2D eigenvalue weighted by molar-refractivity contribution is 0.000160. The third-order valence-electron chi connectivity index (χ3n) is 6.79. The maximum atomic E-state index is 10.8. The van der Waals surface area contributed by atoms with E-state index in [4.69, 9.17) is 4.74 Å². The first-order chi connectivity index (χ1) is 13.2. The van der Waals surface area contributed by atoms with Crippen molar-refractivity contribution in [2.75, 3.05) is 0 Å². The Morgan fingerprint density at radius 2 is 1.93 bits per heavy atom. The molecule has 1 aliphatic heterocycles. The molecule has 0 radical (unpaired) electrons. The van der Waals surface area contributed by atoms with E-state index in [1.807, 2.05) is 0 Å². The second-order valence-corrected chi connectivity index (χ2v) is 8.12. The number of aliphatic hydroxyl groups is 2. The maximum Gasteiger partial charge on any atom is 0.118 e. The van der Waals surface area contributed by atoms with E-state index < -0.39 is 12.2 Å². The first-order valence-electron chi connectivity index (χ1n) is 9.65. The molecule has 0 saturated carbocycles. The number of fused-ring (bicyclic) bond motifs is 7. The second-order valence-electron chi connectivity index (χ2n) is 8.12. The average Bonchev–Trinajstić information content (AvgIpc) is 3.51. The Balaban J connectivity index is 1.79. The molecule has 4 aliphatic rings. The number of aliphatic hydroxyl groups excluding tert-OH is 2. The Bertz CT molecular complexity index is 1300. The number of hydrogen-bond acceptors (Lipinski definition) is 3. The molecule has 27 heavy (non-hydrogen) atoms. The van der Waals surface area contributed by atoms with Crippen LogP contribution >= 0.6 is 0 Å². The van der Waals surface area contributed by atoms with E-state index in [-0.39, 0.29) is 12.2 Å². The van der Waals surface area contributed by atoms with Gasteiger partial charge in [0.15, 0.2) is 0 Å². The highest BCUT2D eigenvalue weighted by atomic mass is 16.6. The zero-order valence-corrected chi connectivity index (χ0v) is 14.6. The predicted octanol–water partition coefficient (Wildman–Crippen LogP) is 3.02. The van der Waals surface area contributed by atoms with Gasteiger partial charge in [0.2, 0.25) is 0 Å². The largest absolute Gasteiger partial charge is 0.387 e. The Labute approximate surface area is 155 Å². The van der Waals surface area contributed by atoms with E-state index in [9.17, 15) is 10.2 Å². The van der Waals surface area contributed by atoms with E-state index in [2.05, 4.69) is 48.6 Å². The van der Waals surface area contributed by atoms with Crippen LogP contribution in [0.15, 0.2) is 36.4 Å². The highest BCUT2D eigenvalue weighted by molar-refractivity contribution is 6.17. The lowest BCUT2D eigenvalue weighted by atomic mass is 9.77. The molecule has 3 heteroatoms. The molecule has 1 saturated heterocycles. The van der Waals surface area contributed by atoms with Crippen LogP contribution in [0.5, 0.6) is 0 Å². The second kappa shape index (κ2) is 4.68. The van der Waals surface area contributed by atoms with Gasteiger partial charge in [0.1, 0.15) is 24.4 Å². The van der Waals surface area contributed by atoms with Crippen molar-refractivity contribution >= 4 is 33.7 Å². The number of rotatable bonds is 0. The number of hydrogen-bond donors (Lipinski definition) is 2. The van der Waals surface area contributed by atoms with Crippen LogP contribution in [0.1, 0.15) is 40.0 Å². The summed E-state index contributed by atoms with van der Waals surface area (Å²) in [6.07, 6.45) is 10.8. The Kier molecular flexibility index (Phi) is 2.53. The maximum absolute atomic E-state index is 10.8. The van der Waals surface area contributed by atoms with Gasteiger partial charge < -0.3 is 14.9 Å². The molecular formula is C24H18O3. The van der Waals surface area contributed by atoms with E-state index >= 15 is 0 Å². The summed E-state index contributed by atoms with van der Waals surface area (Å²) >= 11 is 0. The summed E-state index contributed by atoms with van der Waals surface area (Å²) in [6.45, 7) is 0. The van der Waals surface area contributed by atoms with E-state index in [1.165, 1.54) is 38.1 Å². The van der Waals surface area contributed by atoms with Crippen molar-refractivity contribution in [3.63, 3.8) is 0 Å². The third kappa shape index (κ3) is 1.64. The van der Waals surface area contributed by atoms with Crippen molar-refractivity contribution in [3.8, 4) is 0 Å². The minimum absolute atomic E-state index is 0.109. The van der Waals surface area contributed by atoms with Crippen LogP contribution in [0.2, 0.25) is 0 Å². The van der Waals surface area contributed by atoms with E-state index in [1.54, 1.807) is 0 Å². The molecule has 7 rings (SSSR count). The van der Waals surface area contributed by atoms with Crippen LogP contribution in [0.3, 0.4) is 0 Å². The number of epoxide rings is 1. The third-order valence-corrected chi connectivity index (χ3v) is 6.79. The van der Waals surface area contributed by atoms with Gasteiger partial charge in [-0.25, -0.2) is 0 Å². The summed E-state index contributed by atoms with van der Waals surface area (Å²) in [7, 11) is 0. The monoisotopic (exact) mass is 354 g/mol. The van der Waals surface area contributed by atoms with Gasteiger partial charge in [-0.1, -0.05) is 42.5 Å². The van der Waals surface area contributed by atoms with Crippen LogP contribution in [-0.4, -0.2) is 22.4 Å². The van der Waals surface area contributed by atoms with Crippen LogP contribution in [0.4, 0.5) is 0 Å². The fourth-order valence-electron chi connectivity index (χ4n) is 5.55. The molecule has 0 spiro atoms. The smallest absolute Gasteiger partial charge is 0.118 e. The highest BCUT2D eigenvalue weighted by Crippen LogP contribution is 2.54. The van der Waals surface area contributed by atoms with Crippen LogP contribution < -0.4 is 5.22 Å². The first-order valence-corrected chi connectivity index (χ1v) is 9.65. The lowest BCUT2D eigenvalue weighted by Gasteiger charge is -2.28. The van der Waals surface area contributed by atoms with Crippen LogP contribution in [0, 0.1) is 0 Å². The van der Waals surface area contributed by atoms with Gasteiger partial charge in [-0.3, -0.25) is 0 Å². The first kappa shape index (κ1) is 14.6. The van der Waals surface area contributed by atoms with Gasteiger partial charge >= 0.3 is 0 Å². The van der Waals surface area contributed by atoms with Crippen LogP contribution in [0.25, 0.3) is 33.7 Å². The normalized spacial score (nSPS) is 29.4. The minimum atomic E-state index is -0.895. The Morgan fingerprint density at radius 3 is 2.85 bits per heavy atom. The van der Waals surface area contributed by atoms with Gasteiger partial charge in [0.25, 0.3) is 0 Å². The molecule has 1 heterocycles. The molecular weight excluding hydrogens is 336 g/mol. The van der Waals surface area contributed by atoms with E-state index in [0.717, 1.165) is 29.4 Å². The van der Waals surface area contributed by atoms with Crippen molar-refractivity contribution < 1.29 is 14.9 Å². The zero-order valence-electron chi connectivity index (χ0n) is 14.6. The molecule has 0 unspecified atom stereocenters. The summed E-state index contributed by atoms with van der Waals surface area (Å²) < 4.78 is 5.83. The molecule has 1 fully saturated rings. The molecule has 3 aromatic carbocycles. The summed E-state index contributed by atoms with van der Waals surface area (Å²) in [5.74, 6) is 0. The van der Waals surface area contributed by atoms with Gasteiger partial charge in [-0.05, 0) is 73.5 Å². The molecule has 0 bridgehead atoms. The van der Waals surface area contributed by atoms with Gasteiger partial charge in [0.05, 0.1) is 0 Å². The number of allylic oxidation sites excluding steroid dienone is 3. The molecule has 2 N–H and O–H groups in total. The van der Waals surface area contributed by atoms with E-state index in [0.29, 0.717) is 0 Å². The predicted molar refractivity (Wildman–Crippen MR) is 105 cm³/mol. The van der Waals surface area contributed by atoms with Crippen molar-refractivity contribution in [2.24, 2.45) is 0 Å². The van der Waals surface area contributed by atoms with Crippen LogP contribution in [-0.2, 0) is 17.6 Å². The van der Waals surface area contributed by atoms with Gasteiger partial charge in [-0.2, -0.15) is 0 Å². The fourth-order valence-corrected chi connectivity index (χ4v) is 5.55. The molecule has 3 aliphatic carbocycles.